The molecule has 1 aliphatic carbocycles. The Hall–Kier alpha value is -0.120. The van der Waals surface area contributed by atoms with Gasteiger partial charge in [0, 0.05) is 12.5 Å². The van der Waals surface area contributed by atoms with Gasteiger partial charge in [0.2, 0.25) is 0 Å². The number of likely N-dealkylation sites (tertiary alicyclic amines) is 1. The lowest BCUT2D eigenvalue weighted by Gasteiger charge is -2.30. The van der Waals surface area contributed by atoms with Gasteiger partial charge >= 0.3 is 0 Å². The SMILES string of the molecule is CN1CCC(C2(O)CC3CNCC3C2)C1. The van der Waals surface area contributed by atoms with Crippen LogP contribution in [0.25, 0.3) is 0 Å². The van der Waals surface area contributed by atoms with Crippen molar-refractivity contribution in [3.05, 3.63) is 0 Å². The van der Waals surface area contributed by atoms with Gasteiger partial charge in [-0.3, -0.25) is 0 Å². The molecule has 3 unspecified atom stereocenters. The standard InChI is InChI=1S/C12H22N2O/c1-14-3-2-11(8-14)12(15)4-9-6-13-7-10(9)5-12/h9-11,13,15H,2-8H2,1H3. The molecule has 0 spiro atoms. The Morgan fingerprint density at radius 1 is 1.27 bits per heavy atom. The number of hydrogen-bond acceptors (Lipinski definition) is 3. The summed E-state index contributed by atoms with van der Waals surface area (Å²) >= 11 is 0. The normalized spacial score (nSPS) is 51.2. The van der Waals surface area contributed by atoms with Crippen molar-refractivity contribution in [3.8, 4) is 0 Å². The molecule has 0 aromatic carbocycles. The first-order valence-electron chi connectivity index (χ1n) is 6.29. The molecule has 2 saturated heterocycles. The van der Waals surface area contributed by atoms with Gasteiger partial charge in [0.05, 0.1) is 5.60 Å². The second kappa shape index (κ2) is 3.44. The fraction of sp³-hybridized carbons (Fsp3) is 1.00. The molecule has 3 atom stereocenters. The summed E-state index contributed by atoms with van der Waals surface area (Å²) in [7, 11) is 2.17. The third kappa shape index (κ3) is 1.61. The van der Waals surface area contributed by atoms with Crippen molar-refractivity contribution in [1.29, 1.82) is 0 Å². The Morgan fingerprint density at radius 3 is 2.47 bits per heavy atom. The first-order valence-corrected chi connectivity index (χ1v) is 6.29. The van der Waals surface area contributed by atoms with Crippen LogP contribution in [0.2, 0.25) is 0 Å². The van der Waals surface area contributed by atoms with E-state index in [1.165, 1.54) is 13.0 Å². The van der Waals surface area contributed by atoms with Crippen molar-refractivity contribution in [2.45, 2.75) is 24.9 Å². The maximum Gasteiger partial charge on any atom is 0.0695 e. The Labute approximate surface area is 91.8 Å². The fourth-order valence-corrected chi connectivity index (χ4v) is 3.96. The van der Waals surface area contributed by atoms with Gasteiger partial charge in [-0.1, -0.05) is 0 Å². The smallest absolute Gasteiger partial charge is 0.0695 e. The molecule has 0 radical (unpaired) electrons. The molecule has 3 rings (SSSR count). The highest BCUT2D eigenvalue weighted by Gasteiger charge is 2.50. The van der Waals surface area contributed by atoms with Crippen LogP contribution >= 0.6 is 0 Å². The maximum absolute atomic E-state index is 10.8. The molecule has 3 heteroatoms. The lowest BCUT2D eigenvalue weighted by atomic mass is 9.84. The van der Waals surface area contributed by atoms with E-state index in [9.17, 15) is 5.11 Å². The lowest BCUT2D eigenvalue weighted by molar-refractivity contribution is -0.0146. The van der Waals surface area contributed by atoms with Crippen molar-refractivity contribution in [2.75, 3.05) is 33.2 Å². The summed E-state index contributed by atoms with van der Waals surface area (Å²) in [6.07, 6.45) is 3.28. The van der Waals surface area contributed by atoms with E-state index in [1.807, 2.05) is 0 Å². The zero-order valence-electron chi connectivity index (χ0n) is 9.58. The highest BCUT2D eigenvalue weighted by Crippen LogP contribution is 2.47. The number of nitrogens with zero attached hydrogens (tertiary/aromatic N) is 1. The predicted octanol–water partition coefficient (Wildman–Crippen LogP) is 0.299. The monoisotopic (exact) mass is 210 g/mol. The van der Waals surface area contributed by atoms with Crippen LogP contribution in [0.15, 0.2) is 0 Å². The van der Waals surface area contributed by atoms with Crippen LogP contribution in [0.1, 0.15) is 19.3 Å². The van der Waals surface area contributed by atoms with Crippen molar-refractivity contribution in [1.82, 2.24) is 10.2 Å². The molecule has 2 heterocycles. The molecule has 0 amide bonds. The minimum Gasteiger partial charge on any atom is -0.390 e. The molecular weight excluding hydrogens is 188 g/mol. The average molecular weight is 210 g/mol. The Morgan fingerprint density at radius 2 is 1.93 bits per heavy atom. The van der Waals surface area contributed by atoms with Crippen LogP contribution in [-0.4, -0.2) is 48.8 Å². The highest BCUT2D eigenvalue weighted by atomic mass is 16.3. The topological polar surface area (TPSA) is 35.5 Å². The number of nitrogens with one attached hydrogen (secondary N) is 1. The summed E-state index contributed by atoms with van der Waals surface area (Å²) in [5.41, 5.74) is -0.331. The van der Waals surface area contributed by atoms with E-state index in [-0.39, 0.29) is 5.60 Å². The summed E-state index contributed by atoms with van der Waals surface area (Å²) in [6.45, 7) is 4.54. The van der Waals surface area contributed by atoms with Crippen molar-refractivity contribution >= 4 is 0 Å². The highest BCUT2D eigenvalue weighted by molar-refractivity contribution is 5.03. The van der Waals surface area contributed by atoms with Gasteiger partial charge in [0.1, 0.15) is 0 Å². The van der Waals surface area contributed by atoms with Crippen LogP contribution in [0, 0.1) is 17.8 Å². The number of hydrogen-bond donors (Lipinski definition) is 2. The molecule has 0 bridgehead atoms. The summed E-state index contributed by atoms with van der Waals surface area (Å²) < 4.78 is 0. The molecule has 1 saturated carbocycles. The number of rotatable bonds is 1. The quantitative estimate of drug-likeness (QED) is 0.653. The van der Waals surface area contributed by atoms with Gasteiger partial charge in [-0.25, -0.2) is 0 Å². The van der Waals surface area contributed by atoms with Gasteiger partial charge in [0.25, 0.3) is 0 Å². The molecule has 86 valence electrons. The van der Waals surface area contributed by atoms with E-state index in [0.29, 0.717) is 5.92 Å². The second-order valence-corrected chi connectivity index (χ2v) is 5.94. The largest absolute Gasteiger partial charge is 0.390 e. The Bertz CT molecular complexity index is 244. The predicted molar refractivity (Wildman–Crippen MR) is 59.6 cm³/mol. The molecule has 15 heavy (non-hydrogen) atoms. The summed E-state index contributed by atoms with van der Waals surface area (Å²) in [5.74, 6) is 2.04. The molecule has 3 nitrogen and oxygen atoms in total. The van der Waals surface area contributed by atoms with E-state index in [2.05, 4.69) is 17.3 Å². The fourth-order valence-electron chi connectivity index (χ4n) is 3.96. The summed E-state index contributed by atoms with van der Waals surface area (Å²) in [5, 5.41) is 14.2. The summed E-state index contributed by atoms with van der Waals surface area (Å²) in [6, 6.07) is 0. The van der Waals surface area contributed by atoms with Crippen molar-refractivity contribution in [3.63, 3.8) is 0 Å². The van der Waals surface area contributed by atoms with E-state index >= 15 is 0 Å². The number of aliphatic hydroxyl groups is 1. The second-order valence-electron chi connectivity index (χ2n) is 5.94. The zero-order valence-corrected chi connectivity index (χ0v) is 9.58. The van der Waals surface area contributed by atoms with Crippen molar-refractivity contribution in [2.24, 2.45) is 17.8 Å². The van der Waals surface area contributed by atoms with E-state index in [4.69, 9.17) is 0 Å². The first kappa shape index (κ1) is 10.1. The minimum atomic E-state index is -0.331. The van der Waals surface area contributed by atoms with Gasteiger partial charge in [-0.2, -0.15) is 0 Å². The van der Waals surface area contributed by atoms with Gasteiger partial charge in [0.15, 0.2) is 0 Å². The van der Waals surface area contributed by atoms with Gasteiger partial charge < -0.3 is 15.3 Å². The average Bonchev–Trinajstić information content (AvgIpc) is 2.79. The van der Waals surface area contributed by atoms with Crippen LogP contribution in [-0.2, 0) is 0 Å². The Balaban J connectivity index is 1.70. The van der Waals surface area contributed by atoms with E-state index in [0.717, 1.165) is 44.3 Å². The third-order valence-corrected chi connectivity index (χ3v) is 4.86. The van der Waals surface area contributed by atoms with Crippen LogP contribution in [0.3, 0.4) is 0 Å². The van der Waals surface area contributed by atoms with Crippen molar-refractivity contribution < 1.29 is 5.11 Å². The van der Waals surface area contributed by atoms with E-state index in [1.54, 1.807) is 0 Å². The molecule has 0 aromatic rings. The Kier molecular flexibility index (Phi) is 2.31. The zero-order chi connectivity index (χ0) is 10.5. The molecule has 0 aromatic heterocycles. The first-order chi connectivity index (χ1) is 7.17. The molecule has 3 fully saturated rings. The van der Waals surface area contributed by atoms with Gasteiger partial charge in [-0.05, 0) is 57.8 Å². The minimum absolute atomic E-state index is 0.331. The molecule has 2 aliphatic heterocycles. The third-order valence-electron chi connectivity index (χ3n) is 4.86. The molecule has 3 aliphatic rings. The molecule has 2 N–H and O–H groups in total. The van der Waals surface area contributed by atoms with Crippen LogP contribution < -0.4 is 5.32 Å². The molecular formula is C12H22N2O. The van der Waals surface area contributed by atoms with Crippen LogP contribution in [0.5, 0.6) is 0 Å². The lowest BCUT2D eigenvalue weighted by Crippen LogP contribution is -2.38. The summed E-state index contributed by atoms with van der Waals surface area (Å²) in [4.78, 5) is 2.36. The maximum atomic E-state index is 10.8. The van der Waals surface area contributed by atoms with Crippen LogP contribution in [0.4, 0.5) is 0 Å². The van der Waals surface area contributed by atoms with E-state index < -0.39 is 0 Å². The number of fused-ring (bicyclic) bond motifs is 1. The van der Waals surface area contributed by atoms with Gasteiger partial charge in [-0.15, -0.1) is 0 Å².